The number of nitrogens with one attached hydrogen (secondary N) is 2. The van der Waals surface area contributed by atoms with Crippen LogP contribution in [0, 0.1) is 17.7 Å². The lowest BCUT2D eigenvalue weighted by Crippen LogP contribution is -2.36. The van der Waals surface area contributed by atoms with Gasteiger partial charge >= 0.3 is 0 Å². The average molecular weight is 542 g/mol. The van der Waals surface area contributed by atoms with Gasteiger partial charge in [-0.1, -0.05) is 60.0 Å². The van der Waals surface area contributed by atoms with Crippen LogP contribution in [0.3, 0.4) is 0 Å². The number of nitrogens with zero attached hydrogens (tertiary/aromatic N) is 1. The fourth-order valence-corrected chi connectivity index (χ4v) is 4.51. The summed E-state index contributed by atoms with van der Waals surface area (Å²) in [6.45, 7) is 3.84. The first-order valence-electron chi connectivity index (χ1n) is 12.7. The third-order valence-corrected chi connectivity index (χ3v) is 6.63. The summed E-state index contributed by atoms with van der Waals surface area (Å²) in [6.07, 6.45) is 4.97. The maximum atomic E-state index is 14.4. The Hall–Kier alpha value is -4.21. The Kier molecular flexibility index (Phi) is 8.96. The summed E-state index contributed by atoms with van der Waals surface area (Å²) in [5.74, 6) is 4.89. The van der Waals surface area contributed by atoms with Gasteiger partial charge in [-0.3, -0.25) is 14.6 Å². The highest BCUT2D eigenvalue weighted by Gasteiger charge is 2.46. The van der Waals surface area contributed by atoms with Crippen LogP contribution in [-0.2, 0) is 16.8 Å². The van der Waals surface area contributed by atoms with Crippen molar-refractivity contribution in [3.05, 3.63) is 107 Å². The van der Waals surface area contributed by atoms with Crippen LogP contribution in [0.5, 0.6) is 0 Å². The molecule has 3 aromatic carbocycles. The van der Waals surface area contributed by atoms with Crippen LogP contribution < -0.4 is 10.6 Å². The number of benzene rings is 3. The maximum Gasteiger partial charge on any atom is 0.252 e. The molecule has 0 bridgehead atoms. The van der Waals surface area contributed by atoms with E-state index in [2.05, 4.69) is 27.5 Å². The van der Waals surface area contributed by atoms with Crippen LogP contribution in [0.15, 0.2) is 84.0 Å². The van der Waals surface area contributed by atoms with E-state index in [9.17, 15) is 14.0 Å². The first kappa shape index (κ1) is 27.8. The van der Waals surface area contributed by atoms with Crippen molar-refractivity contribution < 1.29 is 14.0 Å². The minimum absolute atomic E-state index is 0.0402. The van der Waals surface area contributed by atoms with E-state index in [1.54, 1.807) is 61.7 Å². The maximum absolute atomic E-state index is 14.4. The molecule has 2 N–H and O–H groups in total. The highest BCUT2D eigenvalue weighted by molar-refractivity contribution is 6.31. The molecule has 1 aliphatic rings. The van der Waals surface area contributed by atoms with E-state index in [-0.39, 0.29) is 30.6 Å². The quantitative estimate of drug-likeness (QED) is 0.262. The molecule has 3 aromatic rings. The number of allylic oxidation sites excluding steroid dienone is 1. The van der Waals surface area contributed by atoms with Crippen molar-refractivity contribution in [2.45, 2.75) is 38.6 Å². The van der Waals surface area contributed by atoms with Crippen LogP contribution in [0.4, 0.5) is 4.39 Å². The number of carbonyl (C=O) groups is 2. The van der Waals surface area contributed by atoms with E-state index in [0.29, 0.717) is 33.0 Å². The minimum atomic E-state index is -0.598. The average Bonchev–Trinajstić information content (AvgIpc) is 3.70. The van der Waals surface area contributed by atoms with E-state index in [4.69, 9.17) is 11.6 Å². The Morgan fingerprint density at radius 1 is 1.10 bits per heavy atom. The number of hydrogen-bond acceptors (Lipinski definition) is 3. The van der Waals surface area contributed by atoms with Crippen molar-refractivity contribution in [2.24, 2.45) is 4.99 Å². The molecule has 7 heteroatoms. The largest absolute Gasteiger partial charge is 0.345 e. The monoisotopic (exact) mass is 541 g/mol. The summed E-state index contributed by atoms with van der Waals surface area (Å²) in [4.78, 5) is 30.1. The molecule has 198 valence electrons. The van der Waals surface area contributed by atoms with Crippen molar-refractivity contribution >= 4 is 29.1 Å². The summed E-state index contributed by atoms with van der Waals surface area (Å²) in [5, 5.41) is 6.38. The lowest BCUT2D eigenvalue weighted by Gasteiger charge is -2.21. The zero-order valence-corrected chi connectivity index (χ0v) is 22.6. The Balaban J connectivity index is 1.46. The molecule has 0 aliphatic heterocycles. The molecule has 1 saturated carbocycles. The lowest BCUT2D eigenvalue weighted by molar-refractivity contribution is -0.120. The first-order chi connectivity index (χ1) is 18.8. The lowest BCUT2D eigenvalue weighted by atomic mass is 9.96. The molecule has 0 atom stereocenters. The van der Waals surface area contributed by atoms with Crippen molar-refractivity contribution in [1.82, 2.24) is 10.6 Å². The van der Waals surface area contributed by atoms with E-state index in [0.717, 1.165) is 18.4 Å². The topological polar surface area (TPSA) is 70.6 Å². The van der Waals surface area contributed by atoms with Crippen molar-refractivity contribution in [1.29, 1.82) is 0 Å². The fraction of sp³-hybridized carbons (Fsp3) is 0.219. The zero-order valence-electron chi connectivity index (χ0n) is 21.9. The van der Waals surface area contributed by atoms with Crippen LogP contribution in [0.2, 0.25) is 5.02 Å². The minimum Gasteiger partial charge on any atom is -0.345 e. The molecule has 1 fully saturated rings. The van der Waals surface area contributed by atoms with Gasteiger partial charge in [-0.2, -0.15) is 0 Å². The number of hydrogen-bond donors (Lipinski definition) is 2. The molecular weight excluding hydrogens is 513 g/mol. The van der Waals surface area contributed by atoms with E-state index >= 15 is 0 Å². The van der Waals surface area contributed by atoms with E-state index in [1.165, 1.54) is 6.07 Å². The highest BCUT2D eigenvalue weighted by Crippen LogP contribution is 2.47. The zero-order chi connectivity index (χ0) is 27.8. The highest BCUT2D eigenvalue weighted by atomic mass is 35.5. The Morgan fingerprint density at radius 3 is 2.59 bits per heavy atom. The van der Waals surface area contributed by atoms with E-state index in [1.807, 2.05) is 25.1 Å². The van der Waals surface area contributed by atoms with Gasteiger partial charge < -0.3 is 10.6 Å². The van der Waals surface area contributed by atoms with Gasteiger partial charge in [-0.15, -0.1) is 0 Å². The number of halogens is 2. The molecule has 0 saturated heterocycles. The molecule has 2 amide bonds. The normalized spacial score (nSPS) is 13.9. The molecule has 0 radical (unpaired) electrons. The molecule has 5 nitrogen and oxygen atoms in total. The van der Waals surface area contributed by atoms with Crippen molar-refractivity contribution in [3.8, 4) is 23.0 Å². The van der Waals surface area contributed by atoms with Gasteiger partial charge in [0.25, 0.3) is 5.91 Å². The fourth-order valence-electron chi connectivity index (χ4n) is 4.28. The molecule has 0 unspecified atom stereocenters. The molecule has 0 spiro atoms. The summed E-state index contributed by atoms with van der Waals surface area (Å²) in [5.41, 5.74) is 3.02. The number of carbonyl (C=O) groups excluding carboxylic acids is 2. The second-order valence-corrected chi connectivity index (χ2v) is 9.79. The second kappa shape index (κ2) is 12.6. The van der Waals surface area contributed by atoms with Crippen LogP contribution in [0.1, 0.15) is 48.2 Å². The third kappa shape index (κ3) is 7.22. The molecule has 4 rings (SSSR count). The predicted molar refractivity (Wildman–Crippen MR) is 154 cm³/mol. The Labute approximate surface area is 233 Å². The summed E-state index contributed by atoms with van der Waals surface area (Å²) >= 11 is 6.42. The molecule has 39 heavy (non-hydrogen) atoms. The summed E-state index contributed by atoms with van der Waals surface area (Å²) < 4.78 is 14.4. The second-order valence-electron chi connectivity index (χ2n) is 9.35. The molecule has 1 aliphatic carbocycles. The molecule has 0 heterocycles. The van der Waals surface area contributed by atoms with Crippen molar-refractivity contribution in [3.63, 3.8) is 0 Å². The molecule has 0 aromatic heterocycles. The molecular formula is C32H29ClFN3O2. The van der Waals surface area contributed by atoms with Gasteiger partial charge in [-0.05, 0) is 79.6 Å². The number of amides is 2. The smallest absolute Gasteiger partial charge is 0.252 e. The standard InChI is InChI=1S/C32H29ClFN3O2/c1-3-16-35-22(2)9-8-17-36-30(38)20-23-10-4-5-12-28(23)31(39)37-32(14-15-32)25-18-24(19-26(33)21-25)27-11-6-7-13-29(27)34/h3-7,10-13,16,18-19,21H,14-15,17,20H2,1-2H3,(H,36,38)(H,37,39)/b16-3-,35-22?. The number of rotatable bonds is 8. The van der Waals surface area contributed by atoms with Gasteiger partial charge in [0, 0.05) is 22.3 Å². The van der Waals surface area contributed by atoms with Gasteiger partial charge in [0.2, 0.25) is 5.91 Å². The van der Waals surface area contributed by atoms with Crippen LogP contribution in [0.25, 0.3) is 11.1 Å². The van der Waals surface area contributed by atoms with Crippen molar-refractivity contribution in [2.75, 3.05) is 6.54 Å². The van der Waals surface area contributed by atoms with Crippen LogP contribution >= 0.6 is 11.6 Å². The Morgan fingerprint density at radius 2 is 1.85 bits per heavy atom. The predicted octanol–water partition coefficient (Wildman–Crippen LogP) is 6.22. The number of aliphatic imine (C=N–C) groups is 1. The van der Waals surface area contributed by atoms with Crippen LogP contribution in [-0.4, -0.2) is 24.1 Å². The Bertz CT molecular complexity index is 1510. The van der Waals surface area contributed by atoms with Gasteiger partial charge in [-0.25, -0.2) is 4.39 Å². The SMILES string of the molecule is C/C=C\N=C(C)C#CCNC(=O)Cc1ccccc1C(=O)NC1(c2cc(Cl)cc(-c3ccccc3F)c2)CC1. The first-order valence-corrected chi connectivity index (χ1v) is 13.1. The summed E-state index contributed by atoms with van der Waals surface area (Å²) in [6, 6.07) is 19.0. The van der Waals surface area contributed by atoms with Gasteiger partial charge in [0.05, 0.1) is 24.2 Å². The van der Waals surface area contributed by atoms with Gasteiger partial charge in [0.1, 0.15) is 5.82 Å². The third-order valence-electron chi connectivity index (χ3n) is 6.41. The van der Waals surface area contributed by atoms with E-state index < -0.39 is 5.54 Å². The van der Waals surface area contributed by atoms with Gasteiger partial charge in [0.15, 0.2) is 0 Å². The summed E-state index contributed by atoms with van der Waals surface area (Å²) in [7, 11) is 0.